The first-order chi connectivity index (χ1) is 9.67. The topological polar surface area (TPSA) is 83.4 Å². The van der Waals surface area contributed by atoms with Crippen LogP contribution in [-0.4, -0.2) is 30.9 Å². The van der Waals surface area contributed by atoms with Crippen LogP contribution in [0.15, 0.2) is 22.7 Å². The number of nitrogens with two attached hydrogens (primary N) is 1. The van der Waals surface area contributed by atoms with Gasteiger partial charge in [0, 0.05) is 17.5 Å². The summed E-state index contributed by atoms with van der Waals surface area (Å²) in [6.45, 7) is 2.60. The van der Waals surface area contributed by atoms with Crippen LogP contribution in [-0.2, 0) is 0 Å². The van der Waals surface area contributed by atoms with E-state index in [2.05, 4.69) is 10.1 Å². The third-order valence-corrected chi connectivity index (χ3v) is 3.07. The number of ether oxygens (including phenoxy) is 2. The minimum atomic E-state index is 0.147. The number of nitrogens with zero attached hydrogens (tertiary/aromatic N) is 2. The van der Waals surface area contributed by atoms with Crippen molar-refractivity contribution in [2.24, 2.45) is 5.73 Å². The van der Waals surface area contributed by atoms with Crippen molar-refractivity contribution in [3.8, 4) is 22.9 Å². The summed E-state index contributed by atoms with van der Waals surface area (Å²) in [4.78, 5) is 4.41. The Kier molecular flexibility index (Phi) is 4.57. The lowest BCUT2D eigenvalue weighted by molar-refractivity contribution is 0.355. The zero-order chi connectivity index (χ0) is 14.5. The molecule has 2 rings (SSSR count). The second kappa shape index (κ2) is 6.38. The van der Waals surface area contributed by atoms with Crippen molar-refractivity contribution in [1.82, 2.24) is 10.1 Å². The van der Waals surface area contributed by atoms with Crippen LogP contribution in [0.3, 0.4) is 0 Å². The number of hydrogen-bond donors (Lipinski definition) is 1. The molecule has 2 N–H and O–H groups in total. The quantitative estimate of drug-likeness (QED) is 0.871. The summed E-state index contributed by atoms with van der Waals surface area (Å²) in [6, 6.07) is 5.47. The summed E-state index contributed by atoms with van der Waals surface area (Å²) in [5.41, 5.74) is 6.33. The lowest BCUT2D eigenvalue weighted by Crippen LogP contribution is -2.04. The highest BCUT2D eigenvalue weighted by Gasteiger charge is 2.15. The zero-order valence-corrected chi connectivity index (χ0v) is 11.9. The van der Waals surface area contributed by atoms with Gasteiger partial charge in [-0.05, 0) is 25.1 Å². The predicted molar refractivity (Wildman–Crippen MR) is 74.9 cm³/mol. The maximum Gasteiger partial charge on any atom is 0.229 e. The van der Waals surface area contributed by atoms with E-state index in [4.69, 9.17) is 19.7 Å². The standard InChI is InChI=1S/C14H19N3O3/c1-9(4-5-15)14-16-13(17-20-14)10-6-11(18-2)8-12(7-10)19-3/h6-9H,4-5,15H2,1-3H3. The number of rotatable bonds is 6. The van der Waals surface area contributed by atoms with Gasteiger partial charge in [0.25, 0.3) is 0 Å². The summed E-state index contributed by atoms with van der Waals surface area (Å²) in [5.74, 6) is 2.61. The van der Waals surface area contributed by atoms with Crippen molar-refractivity contribution in [3.63, 3.8) is 0 Å². The number of hydrogen-bond acceptors (Lipinski definition) is 6. The number of benzene rings is 1. The molecular weight excluding hydrogens is 258 g/mol. The first kappa shape index (κ1) is 14.3. The maximum absolute atomic E-state index is 5.54. The van der Waals surface area contributed by atoms with E-state index in [9.17, 15) is 0 Å². The summed E-state index contributed by atoms with van der Waals surface area (Å²) in [7, 11) is 3.20. The summed E-state index contributed by atoms with van der Waals surface area (Å²) in [5, 5.41) is 4.00. The van der Waals surface area contributed by atoms with Gasteiger partial charge in [0.1, 0.15) is 11.5 Å². The first-order valence-corrected chi connectivity index (χ1v) is 6.45. The van der Waals surface area contributed by atoms with E-state index in [1.165, 1.54) is 0 Å². The van der Waals surface area contributed by atoms with Crippen molar-refractivity contribution < 1.29 is 14.0 Å². The zero-order valence-electron chi connectivity index (χ0n) is 11.9. The van der Waals surface area contributed by atoms with Crippen LogP contribution < -0.4 is 15.2 Å². The van der Waals surface area contributed by atoms with Crippen LogP contribution in [0.1, 0.15) is 25.2 Å². The van der Waals surface area contributed by atoms with E-state index in [-0.39, 0.29) is 5.92 Å². The Bertz CT molecular complexity index is 546. The Labute approximate surface area is 117 Å². The molecule has 0 saturated heterocycles. The lowest BCUT2D eigenvalue weighted by Gasteiger charge is -2.06. The Morgan fingerprint density at radius 3 is 2.40 bits per heavy atom. The second-order valence-corrected chi connectivity index (χ2v) is 4.54. The summed E-state index contributed by atoms with van der Waals surface area (Å²) >= 11 is 0. The average molecular weight is 277 g/mol. The molecular formula is C14H19N3O3. The van der Waals surface area contributed by atoms with Crippen LogP contribution in [0.4, 0.5) is 0 Å². The molecule has 0 bridgehead atoms. The van der Waals surface area contributed by atoms with E-state index in [1.807, 2.05) is 19.1 Å². The van der Waals surface area contributed by atoms with Gasteiger partial charge in [-0.1, -0.05) is 12.1 Å². The molecule has 0 aliphatic rings. The minimum absolute atomic E-state index is 0.147. The molecule has 20 heavy (non-hydrogen) atoms. The molecule has 6 nitrogen and oxygen atoms in total. The van der Waals surface area contributed by atoms with Gasteiger partial charge in [0.05, 0.1) is 14.2 Å². The van der Waals surface area contributed by atoms with Crippen molar-refractivity contribution in [2.75, 3.05) is 20.8 Å². The Balaban J connectivity index is 2.31. The Morgan fingerprint density at radius 2 is 1.85 bits per heavy atom. The molecule has 0 radical (unpaired) electrons. The maximum atomic E-state index is 5.54. The van der Waals surface area contributed by atoms with Crippen molar-refractivity contribution in [2.45, 2.75) is 19.3 Å². The molecule has 1 unspecified atom stereocenters. The number of aromatic nitrogens is 2. The first-order valence-electron chi connectivity index (χ1n) is 6.45. The van der Waals surface area contributed by atoms with Gasteiger partial charge in [-0.25, -0.2) is 0 Å². The highest BCUT2D eigenvalue weighted by Crippen LogP contribution is 2.29. The van der Waals surface area contributed by atoms with E-state index >= 15 is 0 Å². The summed E-state index contributed by atoms with van der Waals surface area (Å²) < 4.78 is 15.7. The third kappa shape index (κ3) is 3.08. The van der Waals surface area contributed by atoms with Gasteiger partial charge in [0.2, 0.25) is 11.7 Å². The fourth-order valence-corrected chi connectivity index (χ4v) is 1.86. The molecule has 0 saturated carbocycles. The van der Waals surface area contributed by atoms with Gasteiger partial charge in [-0.15, -0.1) is 0 Å². The predicted octanol–water partition coefficient (Wildman–Crippen LogP) is 2.21. The largest absolute Gasteiger partial charge is 0.497 e. The van der Waals surface area contributed by atoms with Gasteiger partial charge in [-0.2, -0.15) is 4.98 Å². The minimum Gasteiger partial charge on any atom is -0.497 e. The van der Waals surface area contributed by atoms with Crippen LogP contribution in [0.25, 0.3) is 11.4 Å². The van der Waals surface area contributed by atoms with Crippen molar-refractivity contribution in [1.29, 1.82) is 0 Å². The second-order valence-electron chi connectivity index (χ2n) is 4.54. The van der Waals surface area contributed by atoms with Crippen LogP contribution >= 0.6 is 0 Å². The Hall–Kier alpha value is -2.08. The molecule has 0 aliphatic heterocycles. The van der Waals surface area contributed by atoms with Crippen molar-refractivity contribution in [3.05, 3.63) is 24.1 Å². The van der Waals surface area contributed by atoms with E-state index < -0.39 is 0 Å². The van der Waals surface area contributed by atoms with Crippen LogP contribution in [0, 0.1) is 0 Å². The molecule has 1 aromatic carbocycles. The molecule has 0 fully saturated rings. The van der Waals surface area contributed by atoms with Gasteiger partial charge >= 0.3 is 0 Å². The van der Waals surface area contributed by atoms with E-state index in [0.29, 0.717) is 29.8 Å². The fourth-order valence-electron chi connectivity index (χ4n) is 1.86. The third-order valence-electron chi connectivity index (χ3n) is 3.07. The SMILES string of the molecule is COc1cc(OC)cc(-c2noc(C(C)CCN)n2)c1. The van der Waals surface area contributed by atoms with Gasteiger partial charge in [-0.3, -0.25) is 0 Å². The average Bonchev–Trinajstić information content (AvgIpc) is 2.97. The highest BCUT2D eigenvalue weighted by atomic mass is 16.5. The molecule has 1 atom stereocenters. The van der Waals surface area contributed by atoms with E-state index in [1.54, 1.807) is 20.3 Å². The molecule has 1 heterocycles. The smallest absolute Gasteiger partial charge is 0.229 e. The molecule has 1 aromatic heterocycles. The fraction of sp³-hybridized carbons (Fsp3) is 0.429. The molecule has 0 amide bonds. The molecule has 108 valence electrons. The van der Waals surface area contributed by atoms with Gasteiger partial charge in [0.15, 0.2) is 0 Å². The van der Waals surface area contributed by atoms with Crippen LogP contribution in [0.5, 0.6) is 11.5 Å². The molecule has 0 spiro atoms. The molecule has 0 aliphatic carbocycles. The number of methoxy groups -OCH3 is 2. The summed E-state index contributed by atoms with van der Waals surface area (Å²) in [6.07, 6.45) is 0.809. The molecule has 6 heteroatoms. The van der Waals surface area contributed by atoms with Crippen molar-refractivity contribution >= 4 is 0 Å². The lowest BCUT2D eigenvalue weighted by atomic mass is 10.1. The Morgan fingerprint density at radius 1 is 1.20 bits per heavy atom. The van der Waals surface area contributed by atoms with Gasteiger partial charge < -0.3 is 19.7 Å². The van der Waals surface area contributed by atoms with Crippen LogP contribution in [0.2, 0.25) is 0 Å². The van der Waals surface area contributed by atoms with E-state index in [0.717, 1.165) is 12.0 Å². The monoisotopic (exact) mass is 277 g/mol. The normalized spacial score (nSPS) is 12.2. The highest BCUT2D eigenvalue weighted by molar-refractivity contribution is 5.60. The molecule has 2 aromatic rings.